The normalized spacial score (nSPS) is 17.8. The molecule has 2 aliphatic rings. The topological polar surface area (TPSA) is 86.8 Å². The minimum absolute atomic E-state index is 0.0254. The molecule has 108 valence electrons. The first-order chi connectivity index (χ1) is 10.1. The second-order valence-electron chi connectivity index (χ2n) is 4.91. The summed E-state index contributed by atoms with van der Waals surface area (Å²) in [4.78, 5) is 48.8. The Kier molecular flexibility index (Phi) is 3.17. The number of urea groups is 1. The molecule has 0 aliphatic carbocycles. The second kappa shape index (κ2) is 5.01. The molecule has 0 radical (unpaired) electrons. The fraction of sp³-hybridized carbons (Fsp3) is 0.286. The van der Waals surface area contributed by atoms with Crippen molar-refractivity contribution >= 4 is 29.8 Å². The number of carbonyl (C=O) groups excluding carboxylic acids is 4. The lowest BCUT2D eigenvalue weighted by Crippen LogP contribution is -2.49. The van der Waals surface area contributed by atoms with E-state index in [-0.39, 0.29) is 31.3 Å². The summed E-state index contributed by atoms with van der Waals surface area (Å²) in [5.41, 5.74) is 1.83. The molecule has 2 aliphatic heterocycles. The van der Waals surface area contributed by atoms with Crippen LogP contribution >= 0.6 is 0 Å². The molecule has 1 aromatic carbocycles. The Morgan fingerprint density at radius 3 is 2.76 bits per heavy atom. The van der Waals surface area contributed by atoms with Gasteiger partial charge in [0.05, 0.1) is 12.2 Å². The van der Waals surface area contributed by atoms with Crippen molar-refractivity contribution in [3.8, 4) is 0 Å². The molecule has 0 atom stereocenters. The summed E-state index contributed by atoms with van der Waals surface area (Å²) >= 11 is 0. The zero-order chi connectivity index (χ0) is 15.0. The van der Waals surface area contributed by atoms with E-state index in [4.69, 9.17) is 0 Å². The minimum atomic E-state index is -0.485. The number of fused-ring (bicyclic) bond motifs is 1. The van der Waals surface area contributed by atoms with Crippen molar-refractivity contribution in [1.29, 1.82) is 0 Å². The summed E-state index contributed by atoms with van der Waals surface area (Å²) in [6.45, 7) is 0.599. The van der Waals surface area contributed by atoms with Gasteiger partial charge in [0.25, 0.3) is 5.91 Å². The molecule has 4 amide bonds. The zero-order valence-corrected chi connectivity index (χ0v) is 11.2. The quantitative estimate of drug-likeness (QED) is 0.809. The van der Waals surface area contributed by atoms with Crippen LogP contribution in [-0.2, 0) is 16.1 Å². The second-order valence-corrected chi connectivity index (χ2v) is 4.91. The van der Waals surface area contributed by atoms with E-state index in [0.717, 1.165) is 0 Å². The number of aldehydes is 1. The number of anilines is 1. The fourth-order valence-corrected chi connectivity index (χ4v) is 2.66. The molecule has 3 rings (SSSR count). The standard InChI is InChI=1S/C14H13N3O4/c18-7-6-16-8-10-9(13(16)20)2-1-3-11(10)17-5-4-12(19)15-14(17)21/h1-3,7H,4-6,8H2,(H,15,19,21). The van der Waals surface area contributed by atoms with Crippen LogP contribution in [0.2, 0.25) is 0 Å². The van der Waals surface area contributed by atoms with Crippen molar-refractivity contribution in [2.24, 2.45) is 0 Å². The van der Waals surface area contributed by atoms with Gasteiger partial charge in [-0.05, 0) is 12.1 Å². The molecule has 0 unspecified atom stereocenters. The van der Waals surface area contributed by atoms with Gasteiger partial charge in [-0.1, -0.05) is 6.07 Å². The van der Waals surface area contributed by atoms with E-state index in [1.807, 2.05) is 0 Å². The van der Waals surface area contributed by atoms with Gasteiger partial charge in [-0.2, -0.15) is 0 Å². The molecule has 7 heteroatoms. The molecular formula is C14H13N3O4. The van der Waals surface area contributed by atoms with Crippen LogP contribution in [0, 0.1) is 0 Å². The number of benzene rings is 1. The number of hydrogen-bond acceptors (Lipinski definition) is 4. The van der Waals surface area contributed by atoms with Gasteiger partial charge in [-0.25, -0.2) is 4.79 Å². The van der Waals surface area contributed by atoms with E-state index in [0.29, 0.717) is 29.6 Å². The van der Waals surface area contributed by atoms with Crippen LogP contribution < -0.4 is 10.2 Å². The van der Waals surface area contributed by atoms with E-state index in [1.165, 1.54) is 9.80 Å². The maximum absolute atomic E-state index is 12.1. The lowest BCUT2D eigenvalue weighted by molar-refractivity contribution is -0.120. The monoisotopic (exact) mass is 287 g/mol. The van der Waals surface area contributed by atoms with Gasteiger partial charge in [0, 0.05) is 30.6 Å². The molecule has 2 heterocycles. The number of rotatable bonds is 3. The lowest BCUT2D eigenvalue weighted by Gasteiger charge is -2.28. The van der Waals surface area contributed by atoms with Crippen LogP contribution in [0.5, 0.6) is 0 Å². The highest BCUT2D eigenvalue weighted by Gasteiger charge is 2.33. The van der Waals surface area contributed by atoms with Crippen LogP contribution in [0.25, 0.3) is 0 Å². The van der Waals surface area contributed by atoms with Gasteiger partial charge in [-0.15, -0.1) is 0 Å². The van der Waals surface area contributed by atoms with Gasteiger partial charge in [0.2, 0.25) is 5.91 Å². The molecule has 0 aromatic heterocycles. The largest absolute Gasteiger partial charge is 0.328 e. The molecule has 0 bridgehead atoms. The van der Waals surface area contributed by atoms with E-state index >= 15 is 0 Å². The fourth-order valence-electron chi connectivity index (χ4n) is 2.66. The van der Waals surface area contributed by atoms with Gasteiger partial charge in [-0.3, -0.25) is 19.8 Å². The van der Waals surface area contributed by atoms with Gasteiger partial charge >= 0.3 is 6.03 Å². The maximum Gasteiger partial charge on any atom is 0.328 e. The Morgan fingerprint density at radius 2 is 2.05 bits per heavy atom. The highest BCUT2D eigenvalue weighted by molar-refractivity contribution is 6.08. The van der Waals surface area contributed by atoms with Gasteiger partial charge in [0.1, 0.15) is 6.29 Å². The third-order valence-electron chi connectivity index (χ3n) is 3.66. The molecule has 0 spiro atoms. The molecule has 0 saturated carbocycles. The average Bonchev–Trinajstić information content (AvgIpc) is 2.77. The van der Waals surface area contributed by atoms with E-state index in [2.05, 4.69) is 5.32 Å². The molecule has 1 fully saturated rings. The summed E-state index contributed by atoms with van der Waals surface area (Å²) < 4.78 is 0. The third-order valence-corrected chi connectivity index (χ3v) is 3.66. The highest BCUT2D eigenvalue weighted by Crippen LogP contribution is 2.32. The predicted molar refractivity (Wildman–Crippen MR) is 72.7 cm³/mol. The van der Waals surface area contributed by atoms with Crippen molar-refractivity contribution in [3.05, 3.63) is 29.3 Å². The molecule has 21 heavy (non-hydrogen) atoms. The first-order valence-electron chi connectivity index (χ1n) is 6.58. The SMILES string of the molecule is O=CCN1Cc2c(cccc2N2CCC(=O)NC2=O)C1=O. The maximum atomic E-state index is 12.1. The van der Waals surface area contributed by atoms with Crippen LogP contribution in [0.1, 0.15) is 22.3 Å². The van der Waals surface area contributed by atoms with E-state index < -0.39 is 6.03 Å². The average molecular weight is 287 g/mol. The van der Waals surface area contributed by atoms with Gasteiger partial charge < -0.3 is 9.69 Å². The first kappa shape index (κ1) is 13.3. The molecule has 1 aromatic rings. The molecule has 1 saturated heterocycles. The van der Waals surface area contributed by atoms with Crippen LogP contribution in [0.15, 0.2) is 18.2 Å². The Labute approximate surface area is 120 Å². The van der Waals surface area contributed by atoms with Crippen LogP contribution in [-0.4, -0.2) is 42.1 Å². The van der Waals surface area contributed by atoms with Crippen molar-refractivity contribution in [2.45, 2.75) is 13.0 Å². The summed E-state index contributed by atoms with van der Waals surface area (Å²) in [6, 6.07) is 4.63. The number of amides is 4. The molecule has 7 nitrogen and oxygen atoms in total. The highest BCUT2D eigenvalue weighted by atomic mass is 16.2. The Hall–Kier alpha value is -2.70. The van der Waals surface area contributed by atoms with Gasteiger partial charge in [0.15, 0.2) is 0 Å². The van der Waals surface area contributed by atoms with Crippen molar-refractivity contribution < 1.29 is 19.2 Å². The number of nitrogens with zero attached hydrogens (tertiary/aromatic N) is 2. The smallest absolute Gasteiger partial charge is 0.327 e. The summed E-state index contributed by atoms with van der Waals surface area (Å²) in [5.74, 6) is -0.519. The van der Waals surface area contributed by atoms with E-state index in [9.17, 15) is 19.2 Å². The molecule has 1 N–H and O–H groups in total. The van der Waals surface area contributed by atoms with Crippen LogP contribution in [0.4, 0.5) is 10.5 Å². The number of carbonyl (C=O) groups is 4. The first-order valence-corrected chi connectivity index (χ1v) is 6.58. The lowest BCUT2D eigenvalue weighted by atomic mass is 10.1. The number of imide groups is 1. The van der Waals surface area contributed by atoms with Crippen LogP contribution in [0.3, 0.4) is 0 Å². The van der Waals surface area contributed by atoms with Crippen molar-refractivity contribution in [2.75, 3.05) is 18.0 Å². The van der Waals surface area contributed by atoms with Crippen molar-refractivity contribution in [1.82, 2.24) is 10.2 Å². The molecular weight excluding hydrogens is 274 g/mol. The number of nitrogens with one attached hydrogen (secondary N) is 1. The zero-order valence-electron chi connectivity index (χ0n) is 11.2. The van der Waals surface area contributed by atoms with E-state index in [1.54, 1.807) is 18.2 Å². The van der Waals surface area contributed by atoms with Crippen molar-refractivity contribution in [3.63, 3.8) is 0 Å². The third kappa shape index (κ3) is 2.16. The predicted octanol–water partition coefficient (Wildman–Crippen LogP) is 0.288. The Balaban J connectivity index is 1.96. The Bertz CT molecular complexity index is 656. The Morgan fingerprint density at radius 1 is 1.24 bits per heavy atom. The summed E-state index contributed by atoms with van der Waals surface area (Å²) in [5, 5.41) is 2.26. The number of hydrogen-bond donors (Lipinski definition) is 1. The summed E-state index contributed by atoms with van der Waals surface area (Å²) in [7, 11) is 0. The minimum Gasteiger partial charge on any atom is -0.327 e. The summed E-state index contributed by atoms with van der Waals surface area (Å²) in [6.07, 6.45) is 0.900.